The van der Waals surface area contributed by atoms with Gasteiger partial charge in [0.05, 0.1) is 119 Å². The van der Waals surface area contributed by atoms with Gasteiger partial charge in [-0.05, 0) is 54.4 Å². The van der Waals surface area contributed by atoms with E-state index in [0.29, 0.717) is 79.0 Å². The molecule has 0 saturated heterocycles. The molecule has 0 heterocycles. The maximum atomic E-state index is 13.7. The van der Waals surface area contributed by atoms with E-state index in [1.54, 1.807) is 41.5 Å². The second-order valence-electron chi connectivity index (χ2n) is 18.8. The van der Waals surface area contributed by atoms with Gasteiger partial charge in [0.25, 0.3) is 0 Å². The molecule has 0 bridgehead atoms. The van der Waals surface area contributed by atoms with Gasteiger partial charge in [-0.3, -0.25) is 38.4 Å². The van der Waals surface area contributed by atoms with E-state index in [2.05, 4.69) is 26.6 Å². The fourth-order valence-corrected chi connectivity index (χ4v) is 5.73. The number of nitrogens with zero attached hydrogens (tertiary/aromatic N) is 5. The van der Waals surface area contributed by atoms with Crippen LogP contribution in [0.15, 0.2) is 0 Å². The van der Waals surface area contributed by atoms with Gasteiger partial charge in [-0.15, -0.1) is 0 Å². The second kappa shape index (κ2) is 39.5. The Balaban J connectivity index is 4.54. The number of hydrogen-bond acceptors (Lipinski definition) is 18. The fraction of sp³-hybridized carbons (Fsp3) is 0.787. The monoisotopic (exact) mass is 1080 g/mol. The molecule has 5 N–H and O–H groups in total. The summed E-state index contributed by atoms with van der Waals surface area (Å²) in [6.45, 7) is 12.9. The number of carbonyl (C=O) groups is 10. The summed E-state index contributed by atoms with van der Waals surface area (Å²) in [5.41, 5.74) is -1.30. The first kappa shape index (κ1) is 69.1. The van der Waals surface area contributed by atoms with E-state index in [1.807, 2.05) is 0 Å². The average Bonchev–Trinajstić information content (AvgIpc) is 3.31. The molecule has 0 aliphatic carbocycles. The molecular weight excluding hydrogens is 993 g/mol. The Bertz CT molecular complexity index is 1750. The lowest BCUT2D eigenvalue weighted by atomic mass is 10.1. The smallest absolute Gasteiger partial charge is 0.407 e. The Morgan fingerprint density at radius 1 is 0.440 bits per heavy atom. The summed E-state index contributed by atoms with van der Waals surface area (Å²) >= 11 is 0. The van der Waals surface area contributed by atoms with Crippen molar-refractivity contribution in [3.05, 3.63) is 0 Å². The van der Waals surface area contributed by atoms with E-state index in [1.165, 1.54) is 35.2 Å². The van der Waals surface area contributed by atoms with Gasteiger partial charge >= 0.3 is 12.2 Å². The molecule has 0 aliphatic rings. The van der Waals surface area contributed by atoms with Crippen molar-refractivity contribution < 1.29 is 85.8 Å². The van der Waals surface area contributed by atoms with Gasteiger partial charge in [-0.25, -0.2) is 9.59 Å². The van der Waals surface area contributed by atoms with Gasteiger partial charge in [0.2, 0.25) is 47.8 Å². The normalized spacial score (nSPS) is 11.6. The van der Waals surface area contributed by atoms with Crippen molar-refractivity contribution in [2.24, 2.45) is 0 Å². The van der Waals surface area contributed by atoms with Crippen molar-refractivity contribution in [3.8, 4) is 0 Å². The minimum atomic E-state index is -1.20. The summed E-state index contributed by atoms with van der Waals surface area (Å²) in [5, 5.41) is 12.6. The molecular formula is C47H86N10O18. The molecule has 0 spiro atoms. The van der Waals surface area contributed by atoms with Crippen LogP contribution in [0.3, 0.4) is 0 Å². The van der Waals surface area contributed by atoms with Crippen LogP contribution >= 0.6 is 0 Å². The Morgan fingerprint density at radius 3 is 1.20 bits per heavy atom. The number of amides is 10. The second-order valence-corrected chi connectivity index (χ2v) is 18.8. The zero-order valence-electron chi connectivity index (χ0n) is 46.0. The van der Waals surface area contributed by atoms with E-state index in [4.69, 9.17) is 37.9 Å². The highest BCUT2D eigenvalue weighted by Crippen LogP contribution is 2.08. The molecule has 0 fully saturated rings. The van der Waals surface area contributed by atoms with Crippen LogP contribution in [-0.4, -0.2) is 275 Å². The summed E-state index contributed by atoms with van der Waals surface area (Å²) in [5.74, 6) is -4.17. The highest BCUT2D eigenvalue weighted by atomic mass is 16.6. The minimum absolute atomic E-state index is 0.00743. The van der Waals surface area contributed by atoms with Crippen LogP contribution in [0.1, 0.15) is 54.4 Å². The molecule has 28 heteroatoms. The predicted octanol–water partition coefficient (Wildman–Crippen LogP) is -2.45. The number of rotatable bonds is 40. The maximum Gasteiger partial charge on any atom is 0.407 e. The van der Waals surface area contributed by atoms with Crippen LogP contribution in [-0.2, 0) is 76.3 Å². The Hall–Kier alpha value is -5.94. The van der Waals surface area contributed by atoms with Crippen molar-refractivity contribution in [1.82, 2.24) is 51.1 Å². The first-order valence-electron chi connectivity index (χ1n) is 24.6. The SMILES string of the molecule is CN(CC(=O)NCCOCCOCCOCCOCCOCCOCCNC(=O)OC(C)(C)C)C(=O)CN(C)C(=O)CN(C)C(=O)C(CCCNC(=O)OC(C)(C)C)NC(=O)CN(C)C(=O)CN(C)C(=O)CNC=O. The van der Waals surface area contributed by atoms with Gasteiger partial charge in [0.15, 0.2) is 0 Å². The third-order valence-electron chi connectivity index (χ3n) is 9.61. The van der Waals surface area contributed by atoms with E-state index in [9.17, 15) is 47.9 Å². The third kappa shape index (κ3) is 38.3. The zero-order chi connectivity index (χ0) is 56.8. The van der Waals surface area contributed by atoms with Crippen molar-refractivity contribution in [2.45, 2.75) is 71.6 Å². The molecule has 1 unspecified atom stereocenters. The number of alkyl carbamates (subject to hydrolysis) is 2. The number of ether oxygens (including phenoxy) is 8. The lowest BCUT2D eigenvalue weighted by Crippen LogP contribution is -2.53. The first-order valence-corrected chi connectivity index (χ1v) is 24.6. The highest BCUT2D eigenvalue weighted by molar-refractivity contribution is 5.93. The molecule has 75 heavy (non-hydrogen) atoms. The third-order valence-corrected chi connectivity index (χ3v) is 9.61. The lowest BCUT2D eigenvalue weighted by Gasteiger charge is -2.28. The summed E-state index contributed by atoms with van der Waals surface area (Å²) in [6.07, 6.45) is -0.628. The highest BCUT2D eigenvalue weighted by Gasteiger charge is 2.28. The van der Waals surface area contributed by atoms with Crippen LogP contribution in [0.5, 0.6) is 0 Å². The van der Waals surface area contributed by atoms with Crippen LogP contribution in [0.4, 0.5) is 9.59 Å². The maximum absolute atomic E-state index is 13.7. The van der Waals surface area contributed by atoms with Crippen molar-refractivity contribution >= 4 is 59.9 Å². The van der Waals surface area contributed by atoms with E-state index >= 15 is 0 Å². The zero-order valence-corrected chi connectivity index (χ0v) is 46.0. The Labute approximate surface area is 441 Å². The summed E-state index contributed by atoms with van der Waals surface area (Å²) in [7, 11) is 6.76. The first-order chi connectivity index (χ1) is 35.3. The molecule has 0 aromatic heterocycles. The Morgan fingerprint density at radius 2 is 0.787 bits per heavy atom. The quantitative estimate of drug-likeness (QED) is 0.0314. The van der Waals surface area contributed by atoms with Crippen LogP contribution in [0.25, 0.3) is 0 Å². The molecule has 1 atom stereocenters. The number of nitrogens with one attached hydrogen (secondary N) is 5. The Kier molecular flexibility index (Phi) is 36.3. The molecule has 28 nitrogen and oxygen atoms in total. The molecule has 0 saturated carbocycles. The van der Waals surface area contributed by atoms with Crippen LogP contribution in [0.2, 0.25) is 0 Å². The fourth-order valence-electron chi connectivity index (χ4n) is 5.73. The molecule has 0 rings (SSSR count). The van der Waals surface area contributed by atoms with Gasteiger partial charge in [-0.2, -0.15) is 0 Å². The van der Waals surface area contributed by atoms with Crippen LogP contribution in [0, 0.1) is 0 Å². The van der Waals surface area contributed by atoms with Gasteiger partial charge in [0, 0.05) is 54.9 Å². The lowest BCUT2D eigenvalue weighted by molar-refractivity contribution is -0.144. The van der Waals surface area contributed by atoms with Gasteiger partial charge in [-0.1, -0.05) is 0 Å². The number of hydrogen-bond donors (Lipinski definition) is 5. The van der Waals surface area contributed by atoms with Crippen LogP contribution < -0.4 is 26.6 Å². The van der Waals surface area contributed by atoms with E-state index in [-0.39, 0.29) is 52.2 Å². The molecule has 0 radical (unpaired) electrons. The van der Waals surface area contributed by atoms with E-state index < -0.39 is 97.0 Å². The number of likely N-dealkylation sites (N-methyl/N-ethyl adjacent to an activating group) is 5. The standard InChI is InChI=1S/C47H86N10O18/c1-46(2,3)74-44(66)50-14-12-13-36(52-38(60)31-54(8)40(62)32-55(9)39(61)29-48-35-58)43(65)57(11)34-42(64)56(10)33-41(63)53(7)30-37(59)49-15-17-68-19-21-70-23-25-72-27-28-73-26-24-71-22-20-69-18-16-51-45(67)75-47(4,5)6/h35-36H,12-34H2,1-11H3,(H,48,58)(H,49,59)(H,50,66)(H,51,67)(H,52,60). The van der Waals surface area contributed by atoms with Crippen molar-refractivity contribution in [2.75, 3.05) is 173 Å². The molecule has 0 aliphatic heterocycles. The molecule has 0 aromatic rings. The molecule has 10 amide bonds. The summed E-state index contributed by atoms with van der Waals surface area (Å²) < 4.78 is 43.1. The molecule has 0 aromatic carbocycles. The average molecular weight is 1080 g/mol. The topological polar surface area (TPSA) is 321 Å². The minimum Gasteiger partial charge on any atom is -0.444 e. The van der Waals surface area contributed by atoms with Gasteiger partial charge < -0.3 is 89.0 Å². The number of carbonyl (C=O) groups excluding carboxylic acids is 10. The summed E-state index contributed by atoms with van der Waals surface area (Å²) in [4.78, 5) is 130. The van der Waals surface area contributed by atoms with Gasteiger partial charge in [0.1, 0.15) is 17.2 Å². The largest absolute Gasteiger partial charge is 0.444 e. The van der Waals surface area contributed by atoms with Crippen molar-refractivity contribution in [1.29, 1.82) is 0 Å². The predicted molar refractivity (Wildman–Crippen MR) is 270 cm³/mol. The summed E-state index contributed by atoms with van der Waals surface area (Å²) in [6, 6.07) is -1.20. The van der Waals surface area contributed by atoms with E-state index in [0.717, 1.165) is 24.5 Å². The molecule has 432 valence electrons. The van der Waals surface area contributed by atoms with Crippen molar-refractivity contribution in [3.63, 3.8) is 0 Å².